The molecule has 106 valence electrons. The van der Waals surface area contributed by atoms with Crippen molar-refractivity contribution in [1.82, 2.24) is 9.88 Å². The van der Waals surface area contributed by atoms with Crippen LogP contribution in [0.2, 0.25) is 0 Å². The van der Waals surface area contributed by atoms with Gasteiger partial charge in [0.05, 0.1) is 4.60 Å². The molecule has 1 aliphatic carbocycles. The topological polar surface area (TPSA) is 19.0 Å². The number of aromatic nitrogens is 1. The highest BCUT2D eigenvalue weighted by molar-refractivity contribution is 9.10. The second-order valence-electron chi connectivity index (χ2n) is 6.26. The van der Waals surface area contributed by atoms with Crippen molar-refractivity contribution in [2.24, 2.45) is 5.92 Å². The maximum atomic E-state index is 3.72. The highest BCUT2D eigenvalue weighted by Crippen LogP contribution is 2.46. The Balaban J connectivity index is 1.89. The van der Waals surface area contributed by atoms with Crippen molar-refractivity contribution in [1.29, 1.82) is 0 Å². The summed E-state index contributed by atoms with van der Waals surface area (Å²) in [5.74, 6) is 1.44. The fourth-order valence-corrected chi connectivity index (χ4v) is 5.25. The zero-order valence-electron chi connectivity index (χ0n) is 11.5. The molecule has 0 spiro atoms. The van der Waals surface area contributed by atoms with Crippen molar-refractivity contribution >= 4 is 42.8 Å². The third-order valence-corrected chi connectivity index (χ3v) is 6.70. The molecule has 4 rings (SSSR count). The normalized spacial score (nSPS) is 29.6. The molecule has 2 aromatic rings. The minimum absolute atomic E-state index is 0.649. The van der Waals surface area contributed by atoms with Crippen molar-refractivity contribution in [2.75, 3.05) is 18.9 Å². The second kappa shape index (κ2) is 4.85. The van der Waals surface area contributed by atoms with Crippen LogP contribution in [0.3, 0.4) is 0 Å². The zero-order chi connectivity index (χ0) is 13.9. The summed E-state index contributed by atoms with van der Waals surface area (Å²) in [5, 5.41) is 2.59. The van der Waals surface area contributed by atoms with Crippen LogP contribution in [-0.4, -0.2) is 34.8 Å². The number of piperidine rings is 1. The van der Waals surface area contributed by atoms with Gasteiger partial charge in [0.2, 0.25) is 0 Å². The minimum atomic E-state index is 0.649. The zero-order valence-corrected chi connectivity index (χ0v) is 14.7. The Morgan fingerprint density at radius 2 is 2.25 bits per heavy atom. The standard InChI is InChI=1S/C16H18Br2N2/c1-20-8-9(7-17)5-11-10-3-2-4-13-15(10)12(6-14(11)20)16(18)19-13/h2-4,9,11,14,19H,5-8H2,1H3/t9?,11?,14-/m1/s1. The van der Waals surface area contributed by atoms with Gasteiger partial charge in [-0.25, -0.2) is 0 Å². The van der Waals surface area contributed by atoms with Gasteiger partial charge in [0.1, 0.15) is 0 Å². The number of fused-ring (bicyclic) bond motifs is 2. The van der Waals surface area contributed by atoms with E-state index in [0.717, 1.165) is 17.7 Å². The van der Waals surface area contributed by atoms with Crippen LogP contribution >= 0.6 is 31.9 Å². The number of H-pyrrole nitrogens is 1. The van der Waals surface area contributed by atoms with E-state index in [1.165, 1.54) is 34.0 Å². The molecule has 1 saturated heterocycles. The van der Waals surface area contributed by atoms with Crippen molar-refractivity contribution in [3.05, 3.63) is 33.9 Å². The maximum Gasteiger partial charge on any atom is 0.0864 e. The van der Waals surface area contributed by atoms with E-state index in [2.05, 4.69) is 67.0 Å². The molecule has 2 heterocycles. The number of rotatable bonds is 1. The van der Waals surface area contributed by atoms with Gasteiger partial charge < -0.3 is 9.88 Å². The highest BCUT2D eigenvalue weighted by atomic mass is 79.9. The fourth-order valence-electron chi connectivity index (χ4n) is 4.21. The van der Waals surface area contributed by atoms with E-state index in [1.54, 1.807) is 5.56 Å². The van der Waals surface area contributed by atoms with E-state index >= 15 is 0 Å². The Hall–Kier alpha value is -0.320. The smallest absolute Gasteiger partial charge is 0.0864 e. The number of hydrogen-bond acceptors (Lipinski definition) is 1. The monoisotopic (exact) mass is 396 g/mol. The number of nitrogens with zero attached hydrogens (tertiary/aromatic N) is 1. The number of nitrogens with one attached hydrogen (secondary N) is 1. The summed E-state index contributed by atoms with van der Waals surface area (Å²) < 4.78 is 1.18. The van der Waals surface area contributed by atoms with Crippen LogP contribution in [0.4, 0.5) is 0 Å². The van der Waals surface area contributed by atoms with Crippen LogP contribution < -0.4 is 0 Å². The Bertz CT molecular complexity index is 664. The van der Waals surface area contributed by atoms with Crippen LogP contribution in [0, 0.1) is 5.92 Å². The van der Waals surface area contributed by atoms with Crippen LogP contribution in [-0.2, 0) is 6.42 Å². The second-order valence-corrected chi connectivity index (χ2v) is 7.70. The molecule has 1 fully saturated rings. The predicted octanol–water partition coefficient (Wildman–Crippen LogP) is 4.29. The molecule has 3 atom stereocenters. The molecule has 2 unspecified atom stereocenters. The van der Waals surface area contributed by atoms with E-state index in [1.807, 2.05) is 0 Å². The predicted molar refractivity (Wildman–Crippen MR) is 90.8 cm³/mol. The lowest BCUT2D eigenvalue weighted by Gasteiger charge is -2.45. The van der Waals surface area contributed by atoms with Gasteiger partial charge in [-0.05, 0) is 58.9 Å². The lowest BCUT2D eigenvalue weighted by atomic mass is 9.73. The van der Waals surface area contributed by atoms with Crippen LogP contribution in [0.1, 0.15) is 23.5 Å². The number of likely N-dealkylation sites (tertiary alicyclic amines) is 1. The SMILES string of the molecule is CN1CC(CBr)CC2c3cccc4[nH]c(Br)c(c34)C[C@H]21. The fraction of sp³-hybridized carbons (Fsp3) is 0.500. The molecule has 20 heavy (non-hydrogen) atoms. The number of alkyl halides is 1. The van der Waals surface area contributed by atoms with Gasteiger partial charge in [-0.3, -0.25) is 0 Å². The molecular weight excluding hydrogens is 380 g/mol. The maximum absolute atomic E-state index is 3.72. The van der Waals surface area contributed by atoms with Crippen molar-refractivity contribution in [2.45, 2.75) is 24.8 Å². The molecule has 1 N–H and O–H groups in total. The van der Waals surface area contributed by atoms with Crippen LogP contribution in [0.5, 0.6) is 0 Å². The summed E-state index contributed by atoms with van der Waals surface area (Å²) in [6.07, 6.45) is 2.47. The number of hydrogen-bond donors (Lipinski definition) is 1. The lowest BCUT2D eigenvalue weighted by molar-refractivity contribution is 0.121. The van der Waals surface area contributed by atoms with E-state index < -0.39 is 0 Å². The summed E-state index contributed by atoms with van der Waals surface area (Å²) in [5.41, 5.74) is 4.31. The number of halogens is 2. The quantitative estimate of drug-likeness (QED) is 0.711. The Morgan fingerprint density at radius 3 is 3.05 bits per heavy atom. The minimum Gasteiger partial charge on any atom is -0.349 e. The molecule has 2 aliphatic rings. The van der Waals surface area contributed by atoms with Crippen molar-refractivity contribution < 1.29 is 0 Å². The van der Waals surface area contributed by atoms with Crippen molar-refractivity contribution in [3.63, 3.8) is 0 Å². The van der Waals surface area contributed by atoms with E-state index in [-0.39, 0.29) is 0 Å². The van der Waals surface area contributed by atoms with Gasteiger partial charge in [0, 0.05) is 34.7 Å². The van der Waals surface area contributed by atoms with Crippen LogP contribution in [0.15, 0.2) is 22.8 Å². The Kier molecular flexibility index (Phi) is 3.24. The van der Waals surface area contributed by atoms with Gasteiger partial charge in [-0.2, -0.15) is 0 Å². The van der Waals surface area contributed by atoms with Gasteiger partial charge in [0.25, 0.3) is 0 Å². The molecule has 4 heteroatoms. The van der Waals surface area contributed by atoms with Gasteiger partial charge in [-0.1, -0.05) is 28.1 Å². The highest BCUT2D eigenvalue weighted by Gasteiger charge is 2.39. The average Bonchev–Trinajstić information content (AvgIpc) is 2.77. The Morgan fingerprint density at radius 1 is 1.40 bits per heavy atom. The molecule has 2 nitrogen and oxygen atoms in total. The summed E-state index contributed by atoms with van der Waals surface area (Å²) >= 11 is 7.41. The number of aromatic amines is 1. The molecular formula is C16H18Br2N2. The third-order valence-electron chi connectivity index (χ3n) is 5.10. The molecule has 0 saturated carbocycles. The van der Waals surface area contributed by atoms with E-state index in [9.17, 15) is 0 Å². The first kappa shape index (κ1) is 13.4. The molecule has 1 aromatic carbocycles. The molecule has 1 aromatic heterocycles. The van der Waals surface area contributed by atoms with E-state index in [0.29, 0.717) is 12.0 Å². The first-order chi connectivity index (χ1) is 9.69. The summed E-state index contributed by atoms with van der Waals surface area (Å²) in [6.45, 7) is 1.21. The van der Waals surface area contributed by atoms with Gasteiger partial charge in [0.15, 0.2) is 0 Å². The average molecular weight is 398 g/mol. The first-order valence-electron chi connectivity index (χ1n) is 7.24. The molecule has 1 aliphatic heterocycles. The molecule has 0 radical (unpaired) electrons. The van der Waals surface area contributed by atoms with Gasteiger partial charge in [-0.15, -0.1) is 0 Å². The summed E-state index contributed by atoms with van der Waals surface area (Å²) in [4.78, 5) is 6.07. The summed E-state index contributed by atoms with van der Waals surface area (Å²) in [7, 11) is 2.29. The molecule has 0 amide bonds. The molecule has 0 bridgehead atoms. The number of likely N-dealkylation sites (N-methyl/N-ethyl adjacent to an activating group) is 1. The Labute approximate surface area is 136 Å². The number of benzene rings is 1. The first-order valence-corrected chi connectivity index (χ1v) is 9.15. The van der Waals surface area contributed by atoms with E-state index in [4.69, 9.17) is 0 Å². The third kappa shape index (κ3) is 1.84. The van der Waals surface area contributed by atoms with Crippen LogP contribution in [0.25, 0.3) is 10.9 Å². The lowest BCUT2D eigenvalue weighted by Crippen LogP contribution is -2.48. The largest absolute Gasteiger partial charge is 0.349 e. The summed E-state index contributed by atoms with van der Waals surface area (Å²) in [6, 6.07) is 7.38. The van der Waals surface area contributed by atoms with Gasteiger partial charge >= 0.3 is 0 Å². The van der Waals surface area contributed by atoms with Crippen molar-refractivity contribution in [3.8, 4) is 0 Å².